The van der Waals surface area contributed by atoms with E-state index < -0.39 is 10.0 Å². The van der Waals surface area contributed by atoms with Gasteiger partial charge in [-0.15, -0.1) is 4.40 Å². The molecule has 6 nitrogen and oxygen atoms in total. The van der Waals surface area contributed by atoms with E-state index in [0.29, 0.717) is 24.5 Å². The number of rotatable bonds is 3. The fraction of sp³-hybridized carbons (Fsp3) is 0.280. The van der Waals surface area contributed by atoms with E-state index in [1.807, 2.05) is 30.0 Å². The fourth-order valence-corrected chi connectivity index (χ4v) is 5.82. The number of sulfonamides is 1. The molecule has 32 heavy (non-hydrogen) atoms. The van der Waals surface area contributed by atoms with Crippen LogP contribution >= 0.6 is 0 Å². The summed E-state index contributed by atoms with van der Waals surface area (Å²) in [4.78, 5) is 15.3. The predicted octanol–water partition coefficient (Wildman–Crippen LogP) is 3.88. The Bertz CT molecular complexity index is 1330. The van der Waals surface area contributed by atoms with Gasteiger partial charge in [-0.1, -0.05) is 48.5 Å². The summed E-state index contributed by atoms with van der Waals surface area (Å²) in [6, 6.07) is 21.2. The normalized spacial score (nSPS) is 20.5. The van der Waals surface area contributed by atoms with Crippen LogP contribution in [0.2, 0.25) is 0 Å². The van der Waals surface area contributed by atoms with Crippen LogP contribution in [0.15, 0.2) is 76.0 Å². The van der Waals surface area contributed by atoms with Crippen molar-refractivity contribution in [3.63, 3.8) is 0 Å². The second-order valence-corrected chi connectivity index (χ2v) is 10.1. The van der Waals surface area contributed by atoms with Crippen LogP contribution in [-0.2, 0) is 14.8 Å². The molecule has 0 aromatic heterocycles. The molecule has 3 aromatic rings. The van der Waals surface area contributed by atoms with Crippen LogP contribution < -0.4 is 5.32 Å². The first-order valence-electron chi connectivity index (χ1n) is 10.9. The van der Waals surface area contributed by atoms with Gasteiger partial charge in [-0.05, 0) is 54.3 Å². The molecule has 2 unspecified atom stereocenters. The average molecular weight is 448 g/mol. The van der Waals surface area contributed by atoms with Crippen molar-refractivity contribution in [2.24, 2.45) is 10.3 Å². The number of hydrogen-bond acceptors (Lipinski definition) is 4. The van der Waals surface area contributed by atoms with Crippen LogP contribution in [0.25, 0.3) is 10.8 Å². The number of fused-ring (bicyclic) bond motifs is 2. The number of hydrogen-bond donors (Lipinski definition) is 1. The van der Waals surface area contributed by atoms with Crippen molar-refractivity contribution in [2.75, 3.05) is 13.1 Å². The van der Waals surface area contributed by atoms with Crippen molar-refractivity contribution in [3.05, 3.63) is 77.9 Å². The molecule has 0 radical (unpaired) electrons. The Balaban J connectivity index is 1.31. The summed E-state index contributed by atoms with van der Waals surface area (Å²) in [6.45, 7) is 3.14. The lowest BCUT2D eigenvalue weighted by Crippen LogP contribution is -2.45. The highest BCUT2D eigenvalue weighted by Gasteiger charge is 2.35. The van der Waals surface area contributed by atoms with Gasteiger partial charge in [0.1, 0.15) is 4.90 Å². The maximum absolute atomic E-state index is 13.1. The van der Waals surface area contributed by atoms with E-state index in [1.54, 1.807) is 18.2 Å². The minimum atomic E-state index is -3.67. The quantitative estimate of drug-likeness (QED) is 0.661. The van der Waals surface area contributed by atoms with Crippen molar-refractivity contribution in [3.8, 4) is 0 Å². The molecule has 3 aromatic carbocycles. The van der Waals surface area contributed by atoms with E-state index in [1.165, 1.54) is 5.39 Å². The third-order valence-electron chi connectivity index (χ3n) is 6.34. The highest BCUT2D eigenvalue weighted by molar-refractivity contribution is 7.90. The van der Waals surface area contributed by atoms with Crippen LogP contribution in [0.4, 0.5) is 0 Å². The highest BCUT2D eigenvalue weighted by atomic mass is 32.2. The summed E-state index contributed by atoms with van der Waals surface area (Å²) in [7, 11) is -3.67. The number of nitrogens with one attached hydrogen (secondary N) is 1. The molecular weight excluding hydrogens is 422 g/mol. The summed E-state index contributed by atoms with van der Waals surface area (Å²) in [5.41, 5.74) is 1.68. The number of benzene rings is 3. The van der Waals surface area contributed by atoms with E-state index >= 15 is 0 Å². The molecule has 1 fully saturated rings. The summed E-state index contributed by atoms with van der Waals surface area (Å²) < 4.78 is 28.9. The SMILES string of the molecule is CC(NC(=O)C1CCCN(C2=NS(=O)(=O)c3ccccc32)C1)c1ccc2ccccc2c1. The number of carbonyl (C=O) groups is 1. The first kappa shape index (κ1) is 20.7. The van der Waals surface area contributed by atoms with Gasteiger partial charge in [0.2, 0.25) is 5.91 Å². The van der Waals surface area contributed by atoms with Gasteiger partial charge in [-0.3, -0.25) is 4.79 Å². The summed E-state index contributed by atoms with van der Waals surface area (Å²) in [6.07, 6.45) is 1.58. The zero-order chi connectivity index (χ0) is 22.3. The molecule has 2 aliphatic rings. The molecule has 1 amide bonds. The zero-order valence-corrected chi connectivity index (χ0v) is 18.7. The van der Waals surface area contributed by atoms with Crippen molar-refractivity contribution >= 4 is 32.5 Å². The summed E-state index contributed by atoms with van der Waals surface area (Å²) in [5, 5.41) is 5.47. The molecule has 164 valence electrons. The molecule has 1 N–H and O–H groups in total. The van der Waals surface area contributed by atoms with Gasteiger partial charge in [0.05, 0.1) is 12.0 Å². The summed E-state index contributed by atoms with van der Waals surface area (Å²) in [5.74, 6) is 0.232. The summed E-state index contributed by atoms with van der Waals surface area (Å²) >= 11 is 0. The lowest BCUT2D eigenvalue weighted by molar-refractivity contribution is -0.126. The molecule has 2 aliphatic heterocycles. The molecule has 0 bridgehead atoms. The molecule has 0 spiro atoms. The van der Waals surface area contributed by atoms with Crippen molar-refractivity contribution in [1.82, 2.24) is 10.2 Å². The van der Waals surface area contributed by atoms with E-state index in [-0.39, 0.29) is 22.8 Å². The van der Waals surface area contributed by atoms with Crippen molar-refractivity contribution in [2.45, 2.75) is 30.7 Å². The number of nitrogens with zero attached hydrogens (tertiary/aromatic N) is 2. The number of amides is 1. The van der Waals surface area contributed by atoms with Crippen LogP contribution in [0.1, 0.15) is 36.9 Å². The Labute approximate surface area is 188 Å². The minimum absolute atomic E-state index is 0.00917. The van der Waals surface area contributed by atoms with Gasteiger partial charge in [-0.2, -0.15) is 8.42 Å². The van der Waals surface area contributed by atoms with Gasteiger partial charge < -0.3 is 10.2 Å². The predicted molar refractivity (Wildman–Crippen MR) is 125 cm³/mol. The third kappa shape index (κ3) is 3.77. The van der Waals surface area contributed by atoms with Gasteiger partial charge in [0.15, 0.2) is 5.84 Å². The van der Waals surface area contributed by atoms with Crippen LogP contribution in [0.5, 0.6) is 0 Å². The van der Waals surface area contributed by atoms with E-state index in [2.05, 4.69) is 40.0 Å². The highest BCUT2D eigenvalue weighted by Crippen LogP contribution is 2.30. The number of amidine groups is 1. The maximum atomic E-state index is 13.1. The molecule has 0 aliphatic carbocycles. The molecule has 2 heterocycles. The van der Waals surface area contributed by atoms with Crippen LogP contribution in [-0.4, -0.2) is 38.2 Å². The number of piperidine rings is 1. The van der Waals surface area contributed by atoms with E-state index in [9.17, 15) is 13.2 Å². The lowest BCUT2D eigenvalue weighted by Gasteiger charge is -2.34. The molecule has 7 heteroatoms. The lowest BCUT2D eigenvalue weighted by atomic mass is 9.95. The molecule has 1 saturated heterocycles. The van der Waals surface area contributed by atoms with Crippen LogP contribution in [0, 0.1) is 5.92 Å². The topological polar surface area (TPSA) is 78.8 Å². The molecular formula is C25H25N3O3S. The first-order chi connectivity index (χ1) is 15.4. The third-order valence-corrected chi connectivity index (χ3v) is 7.66. The fourth-order valence-electron chi connectivity index (χ4n) is 4.59. The Morgan fingerprint density at radius 2 is 1.81 bits per heavy atom. The van der Waals surface area contributed by atoms with Crippen molar-refractivity contribution < 1.29 is 13.2 Å². The van der Waals surface area contributed by atoms with Gasteiger partial charge in [0.25, 0.3) is 10.0 Å². The zero-order valence-electron chi connectivity index (χ0n) is 17.9. The maximum Gasteiger partial charge on any atom is 0.285 e. The second kappa shape index (κ2) is 8.06. The Morgan fingerprint density at radius 1 is 1.06 bits per heavy atom. The van der Waals surface area contributed by atoms with Gasteiger partial charge in [0, 0.05) is 18.7 Å². The Morgan fingerprint density at radius 3 is 2.66 bits per heavy atom. The Kier molecular flexibility index (Phi) is 5.21. The smallest absolute Gasteiger partial charge is 0.285 e. The van der Waals surface area contributed by atoms with Crippen molar-refractivity contribution in [1.29, 1.82) is 0 Å². The van der Waals surface area contributed by atoms with Gasteiger partial charge >= 0.3 is 0 Å². The Hall–Kier alpha value is -3.19. The molecule has 5 rings (SSSR count). The number of likely N-dealkylation sites (tertiary alicyclic amines) is 1. The second-order valence-electron chi connectivity index (χ2n) is 8.51. The standard InChI is InChI=1S/C25H25N3O3S/c1-17(19-13-12-18-7-2-3-8-20(18)15-19)26-25(29)21-9-6-14-28(16-21)24-22-10-4-5-11-23(22)32(30,31)27-24/h2-5,7-8,10-13,15,17,21H,6,9,14,16H2,1H3,(H,26,29). The number of carbonyl (C=O) groups excluding carboxylic acids is 1. The van der Waals surface area contributed by atoms with Crippen LogP contribution in [0.3, 0.4) is 0 Å². The largest absolute Gasteiger partial charge is 0.355 e. The first-order valence-corrected chi connectivity index (χ1v) is 12.3. The minimum Gasteiger partial charge on any atom is -0.355 e. The monoisotopic (exact) mass is 447 g/mol. The average Bonchev–Trinajstić information content (AvgIpc) is 3.10. The van der Waals surface area contributed by atoms with E-state index in [4.69, 9.17) is 0 Å². The molecule has 0 saturated carbocycles. The van der Waals surface area contributed by atoms with E-state index in [0.717, 1.165) is 23.8 Å². The van der Waals surface area contributed by atoms with Gasteiger partial charge in [-0.25, -0.2) is 0 Å². The molecule has 2 atom stereocenters.